The van der Waals surface area contributed by atoms with Crippen molar-refractivity contribution in [1.82, 2.24) is 4.90 Å². The molecule has 1 heterocycles. The fourth-order valence-electron chi connectivity index (χ4n) is 3.42. The monoisotopic (exact) mass is 436 g/mol. The van der Waals surface area contributed by atoms with Crippen molar-refractivity contribution in [3.63, 3.8) is 0 Å². The van der Waals surface area contributed by atoms with Gasteiger partial charge < -0.3 is 19.6 Å². The maximum Gasteiger partial charge on any atom is 0.410 e. The number of hydrogen-bond acceptors (Lipinski definition) is 4. The fourth-order valence-corrected chi connectivity index (χ4v) is 3.85. The topological polar surface area (TPSA) is 53.0 Å². The zero-order chi connectivity index (χ0) is 21.2. The SMILES string of the molecule is CC(C)(C)OC(=O)N1CCN(c2ccc(CO)cc2Cl)[C@H](c2ccc(Cl)cc2)C1. The van der Waals surface area contributed by atoms with Crippen LogP contribution in [0.15, 0.2) is 42.5 Å². The first kappa shape index (κ1) is 21.8. The largest absolute Gasteiger partial charge is 0.444 e. The average Bonchev–Trinajstić information content (AvgIpc) is 2.67. The number of aliphatic hydroxyl groups is 1. The molecule has 0 saturated carbocycles. The minimum absolute atomic E-state index is 0.0625. The lowest BCUT2D eigenvalue weighted by Crippen LogP contribution is -2.51. The first-order valence-corrected chi connectivity index (χ1v) is 10.3. The van der Waals surface area contributed by atoms with Gasteiger partial charge in [0.15, 0.2) is 0 Å². The van der Waals surface area contributed by atoms with Gasteiger partial charge in [0.25, 0.3) is 0 Å². The molecule has 0 radical (unpaired) electrons. The molecule has 0 bridgehead atoms. The molecule has 1 saturated heterocycles. The highest BCUT2D eigenvalue weighted by atomic mass is 35.5. The Kier molecular flexibility index (Phi) is 6.62. The van der Waals surface area contributed by atoms with Gasteiger partial charge in [0.2, 0.25) is 0 Å². The Morgan fingerprint density at radius 2 is 1.83 bits per heavy atom. The summed E-state index contributed by atoms with van der Waals surface area (Å²) in [5, 5.41) is 10.6. The molecule has 29 heavy (non-hydrogen) atoms. The molecule has 2 aromatic rings. The van der Waals surface area contributed by atoms with Crippen LogP contribution in [0.4, 0.5) is 10.5 Å². The zero-order valence-electron chi connectivity index (χ0n) is 16.9. The quantitative estimate of drug-likeness (QED) is 0.710. The van der Waals surface area contributed by atoms with Gasteiger partial charge in [0, 0.05) is 24.7 Å². The number of hydrogen-bond donors (Lipinski definition) is 1. The Hall–Kier alpha value is -1.95. The van der Waals surface area contributed by atoms with Crippen LogP contribution < -0.4 is 4.90 Å². The number of aliphatic hydroxyl groups excluding tert-OH is 1. The van der Waals surface area contributed by atoms with Crippen LogP contribution in [0.2, 0.25) is 10.0 Å². The van der Waals surface area contributed by atoms with Gasteiger partial charge in [-0.1, -0.05) is 41.4 Å². The first-order valence-electron chi connectivity index (χ1n) is 9.57. The van der Waals surface area contributed by atoms with E-state index in [9.17, 15) is 9.90 Å². The lowest BCUT2D eigenvalue weighted by molar-refractivity contribution is 0.0214. The predicted molar refractivity (Wildman–Crippen MR) is 117 cm³/mol. The van der Waals surface area contributed by atoms with Crippen LogP contribution in [-0.4, -0.2) is 41.3 Å². The van der Waals surface area contributed by atoms with Crippen molar-refractivity contribution in [3.05, 3.63) is 63.6 Å². The molecule has 0 aliphatic carbocycles. The Balaban J connectivity index is 1.92. The summed E-state index contributed by atoms with van der Waals surface area (Å²) in [4.78, 5) is 16.6. The van der Waals surface area contributed by atoms with Gasteiger partial charge in [-0.15, -0.1) is 0 Å². The molecule has 2 aromatic carbocycles. The van der Waals surface area contributed by atoms with Crippen LogP contribution in [0.25, 0.3) is 0 Å². The number of carbonyl (C=O) groups is 1. The number of halogens is 2. The molecule has 1 fully saturated rings. The van der Waals surface area contributed by atoms with Gasteiger partial charge in [-0.2, -0.15) is 0 Å². The van der Waals surface area contributed by atoms with Gasteiger partial charge in [0.1, 0.15) is 5.60 Å². The molecular weight excluding hydrogens is 411 g/mol. The van der Waals surface area contributed by atoms with Gasteiger partial charge in [-0.05, 0) is 56.2 Å². The third-order valence-electron chi connectivity index (χ3n) is 4.79. The second-order valence-corrected chi connectivity index (χ2v) is 8.97. The molecule has 1 aliphatic heterocycles. The highest BCUT2D eigenvalue weighted by Crippen LogP contribution is 2.36. The van der Waals surface area contributed by atoms with Crippen LogP contribution in [0.5, 0.6) is 0 Å². The van der Waals surface area contributed by atoms with Gasteiger partial charge >= 0.3 is 6.09 Å². The normalized spacial score (nSPS) is 17.4. The standard InChI is InChI=1S/C22H26Cl2N2O3/c1-22(2,3)29-21(28)25-10-11-26(19-9-4-15(14-27)12-18(19)24)20(13-25)16-5-7-17(23)8-6-16/h4-9,12,20,27H,10-11,13-14H2,1-3H3/t20-/m0/s1. The Morgan fingerprint density at radius 1 is 1.14 bits per heavy atom. The van der Waals surface area contributed by atoms with Gasteiger partial charge in [0.05, 0.1) is 23.4 Å². The number of nitrogens with zero attached hydrogens (tertiary/aromatic N) is 2. The van der Waals surface area contributed by atoms with E-state index in [0.29, 0.717) is 29.7 Å². The van der Waals surface area contributed by atoms with E-state index in [1.807, 2.05) is 57.2 Å². The zero-order valence-corrected chi connectivity index (χ0v) is 18.4. The number of piperazine rings is 1. The van der Waals surface area contributed by atoms with E-state index >= 15 is 0 Å². The smallest absolute Gasteiger partial charge is 0.410 e. The number of amides is 1. The minimum Gasteiger partial charge on any atom is -0.444 e. The Morgan fingerprint density at radius 3 is 2.41 bits per heavy atom. The summed E-state index contributed by atoms with van der Waals surface area (Å²) >= 11 is 12.6. The minimum atomic E-state index is -0.548. The van der Waals surface area contributed by atoms with Crippen LogP contribution in [0.3, 0.4) is 0 Å². The predicted octanol–water partition coefficient (Wildman–Crippen LogP) is 5.28. The average molecular weight is 437 g/mol. The summed E-state index contributed by atoms with van der Waals surface area (Å²) in [6.07, 6.45) is -0.321. The molecule has 0 spiro atoms. The molecule has 1 atom stereocenters. The van der Waals surface area contributed by atoms with Crippen molar-refractivity contribution < 1.29 is 14.6 Å². The van der Waals surface area contributed by atoms with E-state index in [-0.39, 0.29) is 18.7 Å². The third kappa shape index (κ3) is 5.35. The molecule has 0 unspecified atom stereocenters. The Bertz CT molecular complexity index is 865. The summed E-state index contributed by atoms with van der Waals surface area (Å²) in [7, 11) is 0. The number of rotatable bonds is 3. The van der Waals surface area contributed by atoms with E-state index in [1.54, 1.807) is 11.0 Å². The molecule has 1 amide bonds. The summed E-state index contributed by atoms with van der Waals surface area (Å²) in [6.45, 7) is 7.12. The van der Waals surface area contributed by atoms with E-state index < -0.39 is 5.60 Å². The molecule has 1 aliphatic rings. The lowest BCUT2D eigenvalue weighted by atomic mass is 10.0. The lowest BCUT2D eigenvalue weighted by Gasteiger charge is -2.43. The van der Waals surface area contributed by atoms with Crippen molar-refractivity contribution in [2.75, 3.05) is 24.5 Å². The van der Waals surface area contributed by atoms with E-state index in [0.717, 1.165) is 16.8 Å². The number of anilines is 1. The van der Waals surface area contributed by atoms with Gasteiger partial charge in [-0.3, -0.25) is 0 Å². The van der Waals surface area contributed by atoms with Crippen molar-refractivity contribution in [2.24, 2.45) is 0 Å². The van der Waals surface area contributed by atoms with Crippen LogP contribution in [-0.2, 0) is 11.3 Å². The highest BCUT2D eigenvalue weighted by Gasteiger charge is 2.33. The van der Waals surface area contributed by atoms with Crippen LogP contribution >= 0.6 is 23.2 Å². The van der Waals surface area contributed by atoms with Crippen molar-refractivity contribution in [2.45, 2.75) is 39.0 Å². The van der Waals surface area contributed by atoms with Gasteiger partial charge in [-0.25, -0.2) is 4.79 Å². The maximum atomic E-state index is 12.6. The van der Waals surface area contributed by atoms with E-state index in [1.165, 1.54) is 0 Å². The Labute approximate surface area is 181 Å². The molecule has 7 heteroatoms. The summed E-state index contributed by atoms with van der Waals surface area (Å²) in [5.74, 6) is 0. The molecular formula is C22H26Cl2N2O3. The summed E-state index contributed by atoms with van der Waals surface area (Å²) < 4.78 is 5.57. The number of carbonyl (C=O) groups excluding carboxylic acids is 1. The second-order valence-electron chi connectivity index (χ2n) is 8.13. The second kappa shape index (κ2) is 8.82. The van der Waals surface area contributed by atoms with Crippen molar-refractivity contribution >= 4 is 35.0 Å². The van der Waals surface area contributed by atoms with E-state index in [2.05, 4.69) is 4.90 Å². The van der Waals surface area contributed by atoms with Crippen LogP contribution in [0.1, 0.15) is 37.9 Å². The third-order valence-corrected chi connectivity index (χ3v) is 5.35. The summed E-state index contributed by atoms with van der Waals surface area (Å²) in [6, 6.07) is 13.1. The summed E-state index contributed by atoms with van der Waals surface area (Å²) in [5.41, 5.74) is 2.11. The fraction of sp³-hybridized carbons (Fsp3) is 0.409. The molecule has 1 N–H and O–H groups in total. The van der Waals surface area contributed by atoms with Crippen molar-refractivity contribution in [3.8, 4) is 0 Å². The van der Waals surface area contributed by atoms with Crippen molar-refractivity contribution in [1.29, 1.82) is 0 Å². The molecule has 0 aromatic heterocycles. The molecule has 5 nitrogen and oxygen atoms in total. The van der Waals surface area contributed by atoms with E-state index in [4.69, 9.17) is 27.9 Å². The molecule has 156 valence electrons. The molecule has 3 rings (SSSR count). The highest BCUT2D eigenvalue weighted by molar-refractivity contribution is 6.33. The number of benzene rings is 2. The maximum absolute atomic E-state index is 12.6. The number of ether oxygens (including phenoxy) is 1. The first-order chi connectivity index (χ1) is 13.7. The van der Waals surface area contributed by atoms with Crippen LogP contribution in [0, 0.1) is 0 Å².